The number of hydrogen-bond acceptors (Lipinski definition) is 7. The molecule has 0 spiro atoms. The van der Waals surface area contributed by atoms with Gasteiger partial charge in [-0.25, -0.2) is 9.97 Å². The molecule has 0 radical (unpaired) electrons. The van der Waals surface area contributed by atoms with Gasteiger partial charge in [-0.05, 0) is 35.0 Å². The predicted octanol–water partition coefficient (Wildman–Crippen LogP) is 4.95. The second kappa shape index (κ2) is 7.94. The van der Waals surface area contributed by atoms with Gasteiger partial charge in [-0.2, -0.15) is 0 Å². The molecule has 1 aromatic carbocycles. The minimum Gasteiger partial charge on any atom is -0.300 e. The van der Waals surface area contributed by atoms with Crippen molar-refractivity contribution < 1.29 is 4.79 Å². The number of aromatic nitrogens is 3. The molecule has 5 aromatic rings. The van der Waals surface area contributed by atoms with E-state index in [9.17, 15) is 9.59 Å². The predicted molar refractivity (Wildman–Crippen MR) is 123 cm³/mol. The molecule has 0 saturated heterocycles. The summed E-state index contributed by atoms with van der Waals surface area (Å²) in [5.41, 5.74) is 1.23. The molecule has 30 heavy (non-hydrogen) atoms. The van der Waals surface area contributed by atoms with Crippen molar-refractivity contribution in [3.63, 3.8) is 0 Å². The molecule has 0 aliphatic rings. The summed E-state index contributed by atoms with van der Waals surface area (Å²) in [6.45, 7) is -0.126. The first-order chi connectivity index (χ1) is 14.7. The summed E-state index contributed by atoms with van der Waals surface area (Å²) in [6, 6.07) is 15.1. The van der Waals surface area contributed by atoms with Gasteiger partial charge < -0.3 is 5.32 Å². The van der Waals surface area contributed by atoms with E-state index in [1.54, 1.807) is 40.9 Å². The van der Waals surface area contributed by atoms with Crippen LogP contribution in [0.2, 0.25) is 0 Å². The van der Waals surface area contributed by atoms with Crippen LogP contribution in [0, 0.1) is 0 Å². The molecule has 4 heterocycles. The van der Waals surface area contributed by atoms with Crippen molar-refractivity contribution in [3.05, 3.63) is 76.0 Å². The van der Waals surface area contributed by atoms with Crippen molar-refractivity contribution in [3.8, 4) is 20.3 Å². The molecule has 0 aliphatic heterocycles. The molecule has 0 unspecified atom stereocenters. The normalized spacial score (nSPS) is 11.1. The molecule has 0 fully saturated rings. The number of amides is 1. The van der Waals surface area contributed by atoms with Gasteiger partial charge in [0.2, 0.25) is 5.91 Å². The van der Waals surface area contributed by atoms with E-state index in [0.717, 1.165) is 20.3 Å². The number of rotatable bonds is 5. The van der Waals surface area contributed by atoms with Gasteiger partial charge >= 0.3 is 0 Å². The molecule has 0 saturated carbocycles. The molecule has 0 aliphatic carbocycles. The van der Waals surface area contributed by atoms with Crippen LogP contribution in [0.15, 0.2) is 70.4 Å². The van der Waals surface area contributed by atoms with Gasteiger partial charge in [-0.1, -0.05) is 35.6 Å². The summed E-state index contributed by atoms with van der Waals surface area (Å²) >= 11 is 4.67. The number of thiazole rings is 1. The molecule has 1 amide bonds. The number of benzene rings is 1. The Morgan fingerprint density at radius 1 is 1.00 bits per heavy atom. The minimum absolute atomic E-state index is 0.126. The summed E-state index contributed by atoms with van der Waals surface area (Å²) in [7, 11) is 0. The van der Waals surface area contributed by atoms with Crippen molar-refractivity contribution in [2.45, 2.75) is 6.54 Å². The van der Waals surface area contributed by atoms with Crippen LogP contribution in [0.25, 0.3) is 31.2 Å². The summed E-state index contributed by atoms with van der Waals surface area (Å²) in [5, 5.41) is 7.86. The number of hydrogen-bond donors (Lipinski definition) is 1. The van der Waals surface area contributed by atoms with Gasteiger partial charge in [0, 0.05) is 4.88 Å². The fourth-order valence-electron chi connectivity index (χ4n) is 3.06. The van der Waals surface area contributed by atoms with Crippen molar-refractivity contribution in [2.75, 3.05) is 5.32 Å². The Hall–Kier alpha value is -3.14. The average Bonchev–Trinajstić information content (AvgIpc) is 3.51. The number of para-hydroxylation sites is 1. The van der Waals surface area contributed by atoms with Crippen LogP contribution in [-0.4, -0.2) is 20.4 Å². The van der Waals surface area contributed by atoms with E-state index >= 15 is 0 Å². The second-order valence-electron chi connectivity index (χ2n) is 6.39. The Bertz CT molecular complexity index is 1330. The highest BCUT2D eigenvalue weighted by molar-refractivity contribution is 7.24. The number of carbonyl (C=O) groups excluding carboxylic acids is 1. The largest absolute Gasteiger partial charge is 0.300 e. The standard InChI is InChI=1S/C21H14N4O2S3/c26-17(11-25-12-22-14-6-2-1-5-13(14)20(25)27)23-21-24-18(15-7-3-9-28-15)19(30-21)16-8-4-10-29-16/h1-10,12H,11H2,(H,23,24,26). The molecule has 4 aromatic heterocycles. The number of nitrogens with one attached hydrogen (secondary N) is 1. The molecule has 0 bridgehead atoms. The highest BCUT2D eigenvalue weighted by Crippen LogP contribution is 2.42. The quantitative estimate of drug-likeness (QED) is 0.411. The van der Waals surface area contributed by atoms with Crippen LogP contribution >= 0.6 is 34.0 Å². The molecule has 1 N–H and O–H groups in total. The van der Waals surface area contributed by atoms with Crippen molar-refractivity contribution >= 4 is 56.0 Å². The monoisotopic (exact) mass is 450 g/mol. The fourth-order valence-corrected chi connectivity index (χ4v) is 5.70. The lowest BCUT2D eigenvalue weighted by Crippen LogP contribution is -2.27. The zero-order chi connectivity index (χ0) is 20.5. The maximum absolute atomic E-state index is 12.6. The molecular weight excluding hydrogens is 436 g/mol. The van der Waals surface area contributed by atoms with E-state index in [4.69, 9.17) is 0 Å². The van der Waals surface area contributed by atoms with Gasteiger partial charge in [0.1, 0.15) is 12.2 Å². The molecule has 0 atom stereocenters. The number of fused-ring (bicyclic) bond motifs is 1. The first-order valence-electron chi connectivity index (χ1n) is 9.01. The lowest BCUT2D eigenvalue weighted by atomic mass is 10.2. The van der Waals surface area contributed by atoms with E-state index in [0.29, 0.717) is 16.0 Å². The lowest BCUT2D eigenvalue weighted by molar-refractivity contribution is -0.116. The molecule has 148 valence electrons. The van der Waals surface area contributed by atoms with E-state index < -0.39 is 0 Å². The summed E-state index contributed by atoms with van der Waals surface area (Å²) in [5.74, 6) is -0.321. The van der Waals surface area contributed by atoms with E-state index in [-0.39, 0.29) is 18.0 Å². The van der Waals surface area contributed by atoms with Crippen LogP contribution in [0.4, 0.5) is 5.13 Å². The van der Waals surface area contributed by atoms with Gasteiger partial charge in [0.15, 0.2) is 5.13 Å². The summed E-state index contributed by atoms with van der Waals surface area (Å²) in [4.78, 5) is 37.3. The maximum atomic E-state index is 12.6. The number of nitrogens with zero attached hydrogens (tertiary/aromatic N) is 3. The van der Waals surface area contributed by atoms with Crippen LogP contribution in [0.3, 0.4) is 0 Å². The third-order valence-corrected chi connectivity index (χ3v) is 7.32. The molecule has 6 nitrogen and oxygen atoms in total. The van der Waals surface area contributed by atoms with Crippen LogP contribution < -0.4 is 10.9 Å². The van der Waals surface area contributed by atoms with E-state index in [1.807, 2.05) is 41.1 Å². The first kappa shape index (κ1) is 18.9. The number of thiophene rings is 2. The number of anilines is 1. The average molecular weight is 451 g/mol. The molecular formula is C21H14N4O2S3. The molecule has 5 rings (SSSR count). The Kier molecular flexibility index (Phi) is 4.99. The minimum atomic E-state index is -0.321. The van der Waals surface area contributed by atoms with Crippen molar-refractivity contribution in [1.29, 1.82) is 0 Å². The first-order valence-corrected chi connectivity index (χ1v) is 11.6. The Labute approximate surface area is 183 Å². The van der Waals surface area contributed by atoms with Gasteiger partial charge in [-0.15, -0.1) is 22.7 Å². The highest BCUT2D eigenvalue weighted by atomic mass is 32.1. The van der Waals surface area contributed by atoms with Crippen LogP contribution in [0.5, 0.6) is 0 Å². The summed E-state index contributed by atoms with van der Waals surface area (Å²) in [6.07, 6.45) is 1.40. The van der Waals surface area contributed by atoms with E-state index in [1.165, 1.54) is 22.2 Å². The maximum Gasteiger partial charge on any atom is 0.261 e. The highest BCUT2D eigenvalue weighted by Gasteiger charge is 2.18. The number of carbonyl (C=O) groups is 1. The van der Waals surface area contributed by atoms with Crippen molar-refractivity contribution in [1.82, 2.24) is 14.5 Å². The SMILES string of the molecule is O=C(Cn1cnc2ccccc2c1=O)Nc1nc(-c2cccs2)c(-c2cccs2)s1. The third-order valence-electron chi connectivity index (χ3n) is 4.42. The second-order valence-corrected chi connectivity index (χ2v) is 9.29. The third kappa shape index (κ3) is 3.58. The van der Waals surface area contributed by atoms with Gasteiger partial charge in [0.05, 0.1) is 27.0 Å². The summed E-state index contributed by atoms with van der Waals surface area (Å²) < 4.78 is 1.31. The van der Waals surface area contributed by atoms with Gasteiger partial charge in [-0.3, -0.25) is 14.2 Å². The smallest absolute Gasteiger partial charge is 0.261 e. The zero-order valence-electron chi connectivity index (χ0n) is 15.4. The Morgan fingerprint density at radius 3 is 2.53 bits per heavy atom. The zero-order valence-corrected chi connectivity index (χ0v) is 17.9. The Balaban J connectivity index is 1.42. The topological polar surface area (TPSA) is 76.9 Å². The van der Waals surface area contributed by atoms with Gasteiger partial charge in [0.25, 0.3) is 5.56 Å². The van der Waals surface area contributed by atoms with E-state index in [2.05, 4.69) is 15.3 Å². The lowest BCUT2D eigenvalue weighted by Gasteiger charge is -2.06. The molecule has 9 heteroatoms. The van der Waals surface area contributed by atoms with Crippen LogP contribution in [0.1, 0.15) is 0 Å². The Morgan fingerprint density at radius 2 is 1.77 bits per heavy atom. The fraction of sp³-hybridized carbons (Fsp3) is 0.0476. The van der Waals surface area contributed by atoms with Crippen molar-refractivity contribution in [2.24, 2.45) is 0 Å². The van der Waals surface area contributed by atoms with Crippen LogP contribution in [-0.2, 0) is 11.3 Å².